The van der Waals surface area contributed by atoms with Crippen LogP contribution in [0.1, 0.15) is 18.9 Å². The van der Waals surface area contributed by atoms with Crippen LogP contribution in [0.4, 0.5) is 11.6 Å². The maximum atomic E-state index is 13.1. The molecule has 0 aliphatic carbocycles. The largest absolute Gasteiger partial charge is 0.353 e. The van der Waals surface area contributed by atoms with Crippen LogP contribution in [0.25, 0.3) is 0 Å². The van der Waals surface area contributed by atoms with E-state index in [4.69, 9.17) is 0 Å². The van der Waals surface area contributed by atoms with Gasteiger partial charge in [-0.3, -0.25) is 19.3 Å². The van der Waals surface area contributed by atoms with Crippen LogP contribution in [0.3, 0.4) is 0 Å². The fourth-order valence-electron chi connectivity index (χ4n) is 4.39. The van der Waals surface area contributed by atoms with Crippen molar-refractivity contribution in [3.63, 3.8) is 0 Å². The third-order valence-corrected chi connectivity index (χ3v) is 6.27. The zero-order valence-electron chi connectivity index (χ0n) is 19.4. The van der Waals surface area contributed by atoms with Gasteiger partial charge in [0.2, 0.25) is 23.7 Å². The average molecular weight is 466 g/mol. The molecule has 2 saturated heterocycles. The van der Waals surface area contributed by atoms with E-state index < -0.39 is 6.04 Å². The quantitative estimate of drug-likeness (QED) is 0.613. The third kappa shape index (κ3) is 5.69. The molecule has 1 aromatic carbocycles. The lowest BCUT2D eigenvalue weighted by Gasteiger charge is -2.38. The number of carbonyl (C=O) groups is 3. The average Bonchev–Trinajstić information content (AvgIpc) is 2.86. The van der Waals surface area contributed by atoms with Gasteiger partial charge in [0.05, 0.1) is 13.0 Å². The van der Waals surface area contributed by atoms with Gasteiger partial charge in [-0.25, -0.2) is 9.97 Å². The maximum Gasteiger partial charge on any atom is 0.243 e. The number of benzene rings is 1. The van der Waals surface area contributed by atoms with Crippen LogP contribution >= 0.6 is 0 Å². The van der Waals surface area contributed by atoms with Gasteiger partial charge in [-0.05, 0) is 24.1 Å². The Hall–Kier alpha value is -3.53. The molecule has 1 unspecified atom stereocenters. The zero-order chi connectivity index (χ0) is 23.9. The zero-order valence-corrected chi connectivity index (χ0v) is 19.4. The van der Waals surface area contributed by atoms with Gasteiger partial charge < -0.3 is 20.4 Å². The highest BCUT2D eigenvalue weighted by Crippen LogP contribution is 2.18. The Labute approximate surface area is 199 Å². The van der Waals surface area contributed by atoms with Crippen LogP contribution < -0.4 is 15.5 Å². The van der Waals surface area contributed by atoms with Crippen molar-refractivity contribution in [3.8, 4) is 0 Å². The van der Waals surface area contributed by atoms with E-state index in [1.54, 1.807) is 23.4 Å². The Bertz CT molecular complexity index is 1010. The van der Waals surface area contributed by atoms with E-state index in [-0.39, 0.29) is 30.7 Å². The first-order valence-electron chi connectivity index (χ1n) is 11.7. The molecule has 10 nitrogen and oxygen atoms in total. The molecule has 0 radical (unpaired) electrons. The topological polar surface area (TPSA) is 111 Å². The molecule has 180 valence electrons. The minimum atomic E-state index is -0.811. The molecule has 10 heteroatoms. The highest BCUT2D eigenvalue weighted by atomic mass is 16.2. The smallest absolute Gasteiger partial charge is 0.243 e. The summed E-state index contributed by atoms with van der Waals surface area (Å²) in [5, 5.41) is 5.70. The number of rotatable bonds is 7. The number of hydrogen-bond donors (Lipinski definition) is 2. The number of hydrogen-bond acceptors (Lipinski definition) is 7. The van der Waals surface area contributed by atoms with Crippen LogP contribution in [0, 0.1) is 0 Å². The fraction of sp³-hybridized carbons (Fsp3) is 0.458. The van der Waals surface area contributed by atoms with Crippen LogP contribution in [0.15, 0.2) is 42.7 Å². The fourth-order valence-corrected chi connectivity index (χ4v) is 4.39. The molecule has 34 heavy (non-hydrogen) atoms. The Kier molecular flexibility index (Phi) is 7.69. The lowest BCUT2D eigenvalue weighted by Crippen LogP contribution is -2.60. The normalized spacial score (nSPS) is 19.0. The van der Waals surface area contributed by atoms with Crippen molar-refractivity contribution in [1.29, 1.82) is 0 Å². The van der Waals surface area contributed by atoms with E-state index in [1.165, 1.54) is 0 Å². The highest BCUT2D eigenvalue weighted by Gasteiger charge is 2.35. The van der Waals surface area contributed by atoms with Crippen molar-refractivity contribution in [2.75, 3.05) is 56.0 Å². The van der Waals surface area contributed by atoms with E-state index in [9.17, 15) is 14.4 Å². The van der Waals surface area contributed by atoms with Crippen LogP contribution in [0.2, 0.25) is 0 Å². The van der Waals surface area contributed by atoms with E-state index in [0.717, 1.165) is 30.8 Å². The van der Waals surface area contributed by atoms with Crippen LogP contribution in [-0.4, -0.2) is 89.3 Å². The van der Waals surface area contributed by atoms with Crippen molar-refractivity contribution in [1.82, 2.24) is 25.1 Å². The highest BCUT2D eigenvalue weighted by molar-refractivity contribution is 5.98. The summed E-state index contributed by atoms with van der Waals surface area (Å²) >= 11 is 0. The van der Waals surface area contributed by atoms with E-state index in [1.807, 2.05) is 31.2 Å². The van der Waals surface area contributed by atoms with E-state index in [2.05, 4.69) is 30.4 Å². The first-order valence-corrected chi connectivity index (χ1v) is 11.7. The van der Waals surface area contributed by atoms with Gasteiger partial charge in [-0.1, -0.05) is 25.1 Å². The van der Waals surface area contributed by atoms with E-state index >= 15 is 0 Å². The number of aromatic nitrogens is 2. The van der Waals surface area contributed by atoms with Gasteiger partial charge in [0.15, 0.2) is 0 Å². The number of piperazine rings is 2. The van der Waals surface area contributed by atoms with E-state index in [0.29, 0.717) is 32.1 Å². The summed E-state index contributed by atoms with van der Waals surface area (Å²) in [5.41, 5.74) is 1.77. The van der Waals surface area contributed by atoms with Crippen molar-refractivity contribution < 1.29 is 14.4 Å². The summed E-state index contributed by atoms with van der Waals surface area (Å²) in [7, 11) is 0. The van der Waals surface area contributed by atoms with Gasteiger partial charge in [0.25, 0.3) is 0 Å². The number of anilines is 2. The number of para-hydroxylation sites is 1. The van der Waals surface area contributed by atoms with Crippen molar-refractivity contribution in [2.45, 2.75) is 25.8 Å². The molecule has 0 saturated carbocycles. The second-order valence-electron chi connectivity index (χ2n) is 8.47. The molecular weight excluding hydrogens is 434 g/mol. The summed E-state index contributed by atoms with van der Waals surface area (Å²) in [4.78, 5) is 52.8. The lowest BCUT2D eigenvalue weighted by molar-refractivity contribution is -0.145. The molecule has 2 N–H and O–H groups in total. The molecule has 2 aliphatic rings. The minimum absolute atomic E-state index is 0.0747. The number of nitrogens with zero attached hydrogens (tertiary/aromatic N) is 5. The predicted octanol–water partition coefficient (Wildman–Crippen LogP) is 0.517. The number of amides is 3. The van der Waals surface area contributed by atoms with Crippen molar-refractivity contribution in [2.24, 2.45) is 0 Å². The monoisotopic (exact) mass is 465 g/mol. The minimum Gasteiger partial charge on any atom is -0.353 e. The summed E-state index contributed by atoms with van der Waals surface area (Å²) in [6.07, 6.45) is 4.15. The summed E-state index contributed by atoms with van der Waals surface area (Å²) < 4.78 is 0. The van der Waals surface area contributed by atoms with Crippen LogP contribution in [-0.2, 0) is 20.8 Å². The second-order valence-corrected chi connectivity index (χ2v) is 8.47. The Morgan fingerprint density at radius 2 is 1.79 bits per heavy atom. The molecule has 2 aliphatic heterocycles. The number of carbonyl (C=O) groups excluding carboxylic acids is 3. The number of nitrogens with one attached hydrogen (secondary N) is 2. The van der Waals surface area contributed by atoms with Crippen molar-refractivity contribution in [3.05, 3.63) is 48.3 Å². The predicted molar refractivity (Wildman–Crippen MR) is 128 cm³/mol. The molecule has 3 amide bonds. The molecule has 0 bridgehead atoms. The molecule has 0 spiro atoms. The Morgan fingerprint density at radius 1 is 1.06 bits per heavy atom. The second kappa shape index (κ2) is 11.1. The third-order valence-electron chi connectivity index (χ3n) is 6.27. The summed E-state index contributed by atoms with van der Waals surface area (Å²) in [6.45, 7) is 5.86. The first-order chi connectivity index (χ1) is 16.5. The SMILES string of the molecule is CCc1ccccc1NC(=O)CC1C(=O)NCCN1C(=O)CN1CCN(c2ncccn2)CC1. The van der Waals surface area contributed by atoms with Gasteiger partial charge in [0, 0.05) is 57.3 Å². The van der Waals surface area contributed by atoms with Gasteiger partial charge in [-0.15, -0.1) is 0 Å². The standard InChI is InChI=1S/C24H31N7O3/c1-2-18-6-3-4-7-19(18)28-21(32)16-20-23(34)25-10-11-31(20)22(33)17-29-12-14-30(15-13-29)24-26-8-5-9-27-24/h3-9,20H,2,10-17H2,1H3,(H,25,34)(H,28,32). The number of aryl methyl sites for hydroxylation is 1. The van der Waals surface area contributed by atoms with Gasteiger partial charge >= 0.3 is 0 Å². The molecule has 3 heterocycles. The van der Waals surface area contributed by atoms with Crippen LogP contribution in [0.5, 0.6) is 0 Å². The Balaban J connectivity index is 1.34. The first kappa shape index (κ1) is 23.6. The molecule has 2 aromatic rings. The molecular formula is C24H31N7O3. The lowest BCUT2D eigenvalue weighted by atomic mass is 10.1. The summed E-state index contributed by atoms with van der Waals surface area (Å²) in [6, 6.07) is 8.57. The molecule has 1 atom stereocenters. The van der Waals surface area contributed by atoms with Gasteiger partial charge in [0.1, 0.15) is 6.04 Å². The van der Waals surface area contributed by atoms with Crippen molar-refractivity contribution >= 4 is 29.4 Å². The van der Waals surface area contributed by atoms with Gasteiger partial charge in [-0.2, -0.15) is 0 Å². The summed E-state index contributed by atoms with van der Waals surface area (Å²) in [5.74, 6) is -0.00952. The molecule has 1 aromatic heterocycles. The Morgan fingerprint density at radius 3 is 2.53 bits per heavy atom. The maximum absolute atomic E-state index is 13.1. The molecule has 4 rings (SSSR count). The molecule has 2 fully saturated rings.